The Morgan fingerprint density at radius 3 is 2.88 bits per heavy atom. The number of nitrogens with one attached hydrogen (secondary N) is 2. The Hall–Kier alpha value is -3.22. The highest BCUT2D eigenvalue weighted by molar-refractivity contribution is 5.97. The number of carbonyl (C=O) groups excluding carboxylic acids is 2. The smallest absolute Gasteiger partial charge is 0.274 e. The van der Waals surface area contributed by atoms with E-state index in [1.54, 1.807) is 42.0 Å². The second-order valence-electron chi connectivity index (χ2n) is 5.35. The van der Waals surface area contributed by atoms with Gasteiger partial charge in [0, 0.05) is 37.7 Å². The summed E-state index contributed by atoms with van der Waals surface area (Å²) in [6, 6.07) is 7.09. The van der Waals surface area contributed by atoms with Gasteiger partial charge in [-0.05, 0) is 24.6 Å². The van der Waals surface area contributed by atoms with Crippen LogP contribution in [0.3, 0.4) is 0 Å². The number of aromatic nitrogens is 3. The van der Waals surface area contributed by atoms with Crippen LogP contribution in [0.4, 0.5) is 0 Å². The zero-order chi connectivity index (χ0) is 17.1. The Balaban J connectivity index is 1.77. The molecular weight excluding hydrogens is 306 g/mol. The molecule has 0 aliphatic heterocycles. The Morgan fingerprint density at radius 2 is 2.08 bits per heavy atom. The van der Waals surface area contributed by atoms with E-state index in [2.05, 4.69) is 20.6 Å². The average molecular weight is 323 g/mol. The molecule has 2 heterocycles. The third-order valence-corrected chi connectivity index (χ3v) is 3.58. The van der Waals surface area contributed by atoms with Crippen LogP contribution in [0.25, 0.3) is 5.65 Å². The molecule has 2 N–H and O–H groups in total. The second-order valence-corrected chi connectivity index (χ2v) is 5.35. The number of carbonyl (C=O) groups is 2. The van der Waals surface area contributed by atoms with Crippen LogP contribution in [0.5, 0.6) is 0 Å². The monoisotopic (exact) mass is 323 g/mol. The van der Waals surface area contributed by atoms with Crippen LogP contribution >= 0.6 is 0 Å². The predicted octanol–water partition coefficient (Wildman–Crippen LogP) is 1.33. The first-order chi connectivity index (χ1) is 11.6. The van der Waals surface area contributed by atoms with Crippen molar-refractivity contribution in [2.45, 2.75) is 13.5 Å². The van der Waals surface area contributed by atoms with Crippen molar-refractivity contribution in [1.82, 2.24) is 25.0 Å². The number of benzene rings is 1. The van der Waals surface area contributed by atoms with Crippen LogP contribution in [0, 0.1) is 6.92 Å². The minimum Gasteiger partial charge on any atom is -0.355 e. The fourth-order valence-electron chi connectivity index (χ4n) is 2.44. The minimum absolute atomic E-state index is 0.164. The average Bonchev–Trinajstić information content (AvgIpc) is 2.99. The molecule has 3 aromatic rings. The number of nitrogens with zero attached hydrogens (tertiary/aromatic N) is 3. The molecule has 7 heteroatoms. The molecule has 0 atom stereocenters. The number of fused-ring (bicyclic) bond motifs is 1. The van der Waals surface area contributed by atoms with E-state index in [1.807, 2.05) is 19.2 Å². The van der Waals surface area contributed by atoms with Crippen LogP contribution in [0.15, 0.2) is 42.9 Å². The zero-order valence-electron chi connectivity index (χ0n) is 13.4. The molecule has 0 aliphatic carbocycles. The Bertz CT molecular complexity index is 916. The van der Waals surface area contributed by atoms with Gasteiger partial charge < -0.3 is 15.0 Å². The van der Waals surface area contributed by atoms with Gasteiger partial charge in [0.2, 0.25) is 0 Å². The standard InChI is InChI=1S/C17H17N5O2/c1-11-10-22-7-6-19-14(15(22)21-11)17(24)20-9-12-4-3-5-13(8-12)16(23)18-2/h3-8,10H,9H2,1-2H3,(H,18,23)(H,20,24). The number of hydrogen-bond donors (Lipinski definition) is 2. The number of imidazole rings is 1. The summed E-state index contributed by atoms with van der Waals surface area (Å²) in [7, 11) is 1.58. The van der Waals surface area contributed by atoms with Crippen LogP contribution in [0.2, 0.25) is 0 Å². The van der Waals surface area contributed by atoms with Gasteiger partial charge in [-0.3, -0.25) is 9.59 Å². The summed E-state index contributed by atoms with van der Waals surface area (Å²) in [5, 5.41) is 5.39. The van der Waals surface area contributed by atoms with E-state index in [1.165, 1.54) is 0 Å². The van der Waals surface area contributed by atoms with Gasteiger partial charge >= 0.3 is 0 Å². The molecule has 2 aromatic heterocycles. The van der Waals surface area contributed by atoms with E-state index in [0.717, 1.165) is 11.3 Å². The zero-order valence-corrected chi connectivity index (χ0v) is 13.4. The minimum atomic E-state index is -0.309. The van der Waals surface area contributed by atoms with Gasteiger partial charge in [-0.2, -0.15) is 0 Å². The van der Waals surface area contributed by atoms with Crippen molar-refractivity contribution in [2.75, 3.05) is 7.05 Å². The maximum absolute atomic E-state index is 12.4. The molecule has 0 unspecified atom stereocenters. The molecule has 0 aliphatic rings. The topological polar surface area (TPSA) is 88.4 Å². The maximum Gasteiger partial charge on any atom is 0.274 e. The Morgan fingerprint density at radius 1 is 1.25 bits per heavy atom. The summed E-state index contributed by atoms with van der Waals surface area (Å²) in [6.07, 6.45) is 5.15. The molecule has 3 rings (SSSR count). The number of aryl methyl sites for hydroxylation is 1. The first-order valence-corrected chi connectivity index (χ1v) is 7.48. The van der Waals surface area contributed by atoms with E-state index in [0.29, 0.717) is 17.8 Å². The van der Waals surface area contributed by atoms with Gasteiger partial charge in [-0.1, -0.05) is 12.1 Å². The lowest BCUT2D eigenvalue weighted by Crippen LogP contribution is -2.25. The van der Waals surface area contributed by atoms with Crippen molar-refractivity contribution < 1.29 is 9.59 Å². The summed E-state index contributed by atoms with van der Waals surface area (Å²) in [5.41, 5.74) is 2.99. The van der Waals surface area contributed by atoms with Crippen molar-refractivity contribution in [3.05, 3.63) is 65.4 Å². The van der Waals surface area contributed by atoms with Gasteiger partial charge in [-0.25, -0.2) is 9.97 Å². The van der Waals surface area contributed by atoms with E-state index in [9.17, 15) is 9.59 Å². The fraction of sp³-hybridized carbons (Fsp3) is 0.176. The van der Waals surface area contributed by atoms with E-state index in [4.69, 9.17) is 0 Å². The summed E-state index contributed by atoms with van der Waals surface area (Å²) in [4.78, 5) is 32.5. The number of rotatable bonds is 4. The maximum atomic E-state index is 12.4. The SMILES string of the molecule is CNC(=O)c1cccc(CNC(=O)c2nccn3cc(C)nc23)c1. The molecule has 1 aromatic carbocycles. The first kappa shape index (κ1) is 15.7. The summed E-state index contributed by atoms with van der Waals surface area (Å²) >= 11 is 0. The van der Waals surface area contributed by atoms with Crippen molar-refractivity contribution in [3.8, 4) is 0 Å². The van der Waals surface area contributed by atoms with Crippen molar-refractivity contribution in [3.63, 3.8) is 0 Å². The van der Waals surface area contributed by atoms with Gasteiger partial charge in [0.05, 0.1) is 5.69 Å². The predicted molar refractivity (Wildman–Crippen MR) is 88.7 cm³/mol. The molecule has 122 valence electrons. The summed E-state index contributed by atoms with van der Waals surface area (Å²) in [5.74, 6) is -0.473. The van der Waals surface area contributed by atoms with Crippen LogP contribution in [-0.4, -0.2) is 33.2 Å². The molecule has 0 radical (unpaired) electrons. The van der Waals surface area contributed by atoms with E-state index < -0.39 is 0 Å². The Labute approximate surface area is 138 Å². The molecule has 0 saturated heterocycles. The molecule has 0 saturated carbocycles. The van der Waals surface area contributed by atoms with E-state index >= 15 is 0 Å². The van der Waals surface area contributed by atoms with Crippen LogP contribution in [-0.2, 0) is 6.54 Å². The fourth-order valence-corrected chi connectivity index (χ4v) is 2.44. The molecule has 2 amide bonds. The normalized spacial score (nSPS) is 10.6. The van der Waals surface area contributed by atoms with Gasteiger partial charge in [0.25, 0.3) is 11.8 Å². The lowest BCUT2D eigenvalue weighted by molar-refractivity contribution is 0.0945. The Kier molecular flexibility index (Phi) is 4.24. The summed E-state index contributed by atoms with van der Waals surface area (Å²) < 4.78 is 1.77. The first-order valence-electron chi connectivity index (χ1n) is 7.48. The highest BCUT2D eigenvalue weighted by Gasteiger charge is 2.14. The van der Waals surface area contributed by atoms with Crippen molar-refractivity contribution >= 4 is 17.5 Å². The highest BCUT2D eigenvalue weighted by atomic mass is 16.2. The lowest BCUT2D eigenvalue weighted by atomic mass is 10.1. The van der Waals surface area contributed by atoms with Gasteiger partial charge in [0.15, 0.2) is 11.3 Å². The molecule has 0 bridgehead atoms. The van der Waals surface area contributed by atoms with Gasteiger partial charge in [0.1, 0.15) is 0 Å². The molecule has 24 heavy (non-hydrogen) atoms. The van der Waals surface area contributed by atoms with Crippen molar-refractivity contribution in [1.29, 1.82) is 0 Å². The van der Waals surface area contributed by atoms with Gasteiger partial charge in [-0.15, -0.1) is 0 Å². The number of amides is 2. The molecule has 0 fully saturated rings. The number of hydrogen-bond acceptors (Lipinski definition) is 4. The lowest BCUT2D eigenvalue weighted by Gasteiger charge is -2.07. The molecule has 0 spiro atoms. The van der Waals surface area contributed by atoms with Crippen LogP contribution < -0.4 is 10.6 Å². The highest BCUT2D eigenvalue weighted by Crippen LogP contribution is 2.09. The third-order valence-electron chi connectivity index (χ3n) is 3.58. The van der Waals surface area contributed by atoms with E-state index in [-0.39, 0.29) is 17.5 Å². The largest absolute Gasteiger partial charge is 0.355 e. The second kappa shape index (κ2) is 6.49. The van der Waals surface area contributed by atoms with Crippen molar-refractivity contribution in [2.24, 2.45) is 0 Å². The molecular formula is C17H17N5O2. The molecule has 7 nitrogen and oxygen atoms in total. The summed E-state index contributed by atoms with van der Waals surface area (Å²) in [6.45, 7) is 2.16. The van der Waals surface area contributed by atoms with Crippen LogP contribution in [0.1, 0.15) is 32.1 Å². The third kappa shape index (κ3) is 3.10. The quantitative estimate of drug-likeness (QED) is 0.758.